The highest BCUT2D eigenvalue weighted by Crippen LogP contribution is 2.18. The summed E-state index contributed by atoms with van der Waals surface area (Å²) in [5.74, 6) is 0.844. The standard InChI is InChI=1S/C11H14N2O2S/c1-2-12-11-13-6-10(16-11)8-14-7-9-4-3-5-15-9/h3-6H,2,7-8H2,1H3,(H,12,13). The van der Waals surface area contributed by atoms with Gasteiger partial charge in [0.1, 0.15) is 12.4 Å². The molecule has 0 saturated carbocycles. The number of hydrogen-bond donors (Lipinski definition) is 1. The number of rotatable bonds is 6. The Kier molecular flexibility index (Phi) is 3.96. The maximum atomic E-state index is 5.50. The number of anilines is 1. The molecule has 2 aromatic rings. The average Bonchev–Trinajstić information content (AvgIpc) is 2.90. The van der Waals surface area contributed by atoms with Crippen molar-refractivity contribution in [1.29, 1.82) is 0 Å². The third-order valence-electron chi connectivity index (χ3n) is 1.95. The summed E-state index contributed by atoms with van der Waals surface area (Å²) in [4.78, 5) is 5.34. The molecule has 2 aromatic heterocycles. The van der Waals surface area contributed by atoms with E-state index in [1.165, 1.54) is 0 Å². The first kappa shape index (κ1) is 11.2. The molecular weight excluding hydrogens is 224 g/mol. The highest BCUT2D eigenvalue weighted by atomic mass is 32.1. The number of furan rings is 1. The molecule has 0 aromatic carbocycles. The van der Waals surface area contributed by atoms with Crippen LogP contribution in [-0.4, -0.2) is 11.5 Å². The van der Waals surface area contributed by atoms with Crippen molar-refractivity contribution in [3.63, 3.8) is 0 Å². The van der Waals surface area contributed by atoms with E-state index in [0.29, 0.717) is 13.2 Å². The van der Waals surface area contributed by atoms with Gasteiger partial charge in [0.05, 0.1) is 17.7 Å². The van der Waals surface area contributed by atoms with Crippen molar-refractivity contribution in [2.75, 3.05) is 11.9 Å². The summed E-state index contributed by atoms with van der Waals surface area (Å²) < 4.78 is 10.7. The molecular formula is C11H14N2O2S. The molecule has 0 atom stereocenters. The predicted molar refractivity (Wildman–Crippen MR) is 63.5 cm³/mol. The first-order valence-electron chi connectivity index (χ1n) is 5.17. The second-order valence-electron chi connectivity index (χ2n) is 3.23. The van der Waals surface area contributed by atoms with Crippen LogP contribution in [0.15, 0.2) is 29.0 Å². The smallest absolute Gasteiger partial charge is 0.182 e. The highest BCUT2D eigenvalue weighted by Gasteiger charge is 2.01. The molecule has 0 amide bonds. The lowest BCUT2D eigenvalue weighted by Crippen LogP contribution is -1.94. The fourth-order valence-corrected chi connectivity index (χ4v) is 2.07. The Bertz CT molecular complexity index is 411. The van der Waals surface area contributed by atoms with Crippen LogP contribution >= 0.6 is 11.3 Å². The van der Waals surface area contributed by atoms with E-state index in [1.54, 1.807) is 17.6 Å². The van der Waals surface area contributed by atoms with Crippen LogP contribution in [0.1, 0.15) is 17.6 Å². The van der Waals surface area contributed by atoms with Gasteiger partial charge >= 0.3 is 0 Å². The Balaban J connectivity index is 1.76. The van der Waals surface area contributed by atoms with E-state index in [1.807, 2.05) is 18.3 Å². The maximum absolute atomic E-state index is 5.50. The fourth-order valence-electron chi connectivity index (χ4n) is 1.25. The number of thiazole rings is 1. The van der Waals surface area contributed by atoms with Gasteiger partial charge in [0, 0.05) is 12.7 Å². The van der Waals surface area contributed by atoms with Crippen LogP contribution in [0.25, 0.3) is 0 Å². The minimum absolute atomic E-state index is 0.501. The van der Waals surface area contributed by atoms with Gasteiger partial charge in [0.2, 0.25) is 0 Å². The van der Waals surface area contributed by atoms with Crippen LogP contribution in [0.4, 0.5) is 5.13 Å². The minimum Gasteiger partial charge on any atom is -0.467 e. The first-order valence-corrected chi connectivity index (χ1v) is 5.99. The second-order valence-corrected chi connectivity index (χ2v) is 4.35. The van der Waals surface area contributed by atoms with Crippen LogP contribution in [0.2, 0.25) is 0 Å². The van der Waals surface area contributed by atoms with Gasteiger partial charge in [-0.2, -0.15) is 0 Å². The lowest BCUT2D eigenvalue weighted by molar-refractivity contribution is 0.0947. The van der Waals surface area contributed by atoms with Gasteiger partial charge in [0.15, 0.2) is 5.13 Å². The molecule has 2 heterocycles. The summed E-state index contributed by atoms with van der Waals surface area (Å²) in [7, 11) is 0. The van der Waals surface area contributed by atoms with Crippen molar-refractivity contribution in [3.05, 3.63) is 35.2 Å². The van der Waals surface area contributed by atoms with E-state index in [4.69, 9.17) is 9.15 Å². The third kappa shape index (κ3) is 3.08. The van der Waals surface area contributed by atoms with E-state index < -0.39 is 0 Å². The molecule has 16 heavy (non-hydrogen) atoms. The van der Waals surface area contributed by atoms with Crippen LogP contribution in [0, 0.1) is 0 Å². The van der Waals surface area contributed by atoms with Crippen molar-refractivity contribution in [3.8, 4) is 0 Å². The van der Waals surface area contributed by atoms with Crippen LogP contribution < -0.4 is 5.32 Å². The van der Waals surface area contributed by atoms with Gasteiger partial charge in [-0.25, -0.2) is 4.98 Å². The number of aromatic nitrogens is 1. The zero-order chi connectivity index (χ0) is 11.2. The Morgan fingerprint density at radius 2 is 2.44 bits per heavy atom. The average molecular weight is 238 g/mol. The summed E-state index contributed by atoms with van der Waals surface area (Å²) in [6, 6.07) is 3.76. The molecule has 86 valence electrons. The molecule has 2 rings (SSSR count). The predicted octanol–water partition coefficient (Wildman–Crippen LogP) is 2.88. The normalized spacial score (nSPS) is 10.6. The van der Waals surface area contributed by atoms with Gasteiger partial charge in [-0.05, 0) is 19.1 Å². The molecule has 0 saturated heterocycles. The molecule has 0 aliphatic rings. The molecule has 0 spiro atoms. The fraction of sp³-hybridized carbons (Fsp3) is 0.364. The molecule has 0 unspecified atom stereocenters. The van der Waals surface area contributed by atoms with Crippen molar-refractivity contribution >= 4 is 16.5 Å². The molecule has 4 nitrogen and oxygen atoms in total. The number of ether oxygens (including phenoxy) is 1. The molecule has 5 heteroatoms. The van der Waals surface area contributed by atoms with Gasteiger partial charge in [-0.1, -0.05) is 11.3 Å². The number of nitrogens with one attached hydrogen (secondary N) is 1. The van der Waals surface area contributed by atoms with E-state index in [-0.39, 0.29) is 0 Å². The Morgan fingerprint density at radius 3 is 3.19 bits per heavy atom. The molecule has 1 N–H and O–H groups in total. The summed E-state index contributed by atoms with van der Waals surface area (Å²) in [6.45, 7) is 4.01. The SMILES string of the molecule is CCNc1ncc(COCc2ccco2)s1. The zero-order valence-electron chi connectivity index (χ0n) is 9.10. The maximum Gasteiger partial charge on any atom is 0.182 e. The Hall–Kier alpha value is -1.33. The molecule has 0 aliphatic heterocycles. The Labute approximate surface area is 98.3 Å². The van der Waals surface area contributed by atoms with E-state index in [0.717, 1.165) is 22.3 Å². The summed E-state index contributed by atoms with van der Waals surface area (Å²) in [6.07, 6.45) is 3.49. The van der Waals surface area contributed by atoms with E-state index >= 15 is 0 Å². The van der Waals surface area contributed by atoms with Crippen LogP contribution in [0.5, 0.6) is 0 Å². The van der Waals surface area contributed by atoms with E-state index in [9.17, 15) is 0 Å². The third-order valence-corrected chi connectivity index (χ3v) is 2.88. The molecule has 0 fully saturated rings. The van der Waals surface area contributed by atoms with Gasteiger partial charge in [0.25, 0.3) is 0 Å². The zero-order valence-corrected chi connectivity index (χ0v) is 9.92. The highest BCUT2D eigenvalue weighted by molar-refractivity contribution is 7.15. The van der Waals surface area contributed by atoms with Crippen molar-refractivity contribution in [1.82, 2.24) is 4.98 Å². The summed E-state index contributed by atoms with van der Waals surface area (Å²) in [5.41, 5.74) is 0. The van der Waals surface area contributed by atoms with E-state index in [2.05, 4.69) is 17.2 Å². The van der Waals surface area contributed by atoms with Gasteiger partial charge < -0.3 is 14.5 Å². The van der Waals surface area contributed by atoms with Crippen LogP contribution in [0.3, 0.4) is 0 Å². The monoisotopic (exact) mass is 238 g/mol. The Morgan fingerprint density at radius 1 is 1.50 bits per heavy atom. The van der Waals surface area contributed by atoms with Crippen LogP contribution in [-0.2, 0) is 18.0 Å². The summed E-state index contributed by atoms with van der Waals surface area (Å²) in [5, 5.41) is 4.11. The van der Waals surface area contributed by atoms with Gasteiger partial charge in [-0.3, -0.25) is 0 Å². The lowest BCUT2D eigenvalue weighted by atomic mass is 10.5. The molecule has 0 aliphatic carbocycles. The van der Waals surface area contributed by atoms with Crippen molar-refractivity contribution in [2.24, 2.45) is 0 Å². The summed E-state index contributed by atoms with van der Waals surface area (Å²) >= 11 is 1.62. The number of hydrogen-bond acceptors (Lipinski definition) is 5. The van der Waals surface area contributed by atoms with Crippen molar-refractivity contribution in [2.45, 2.75) is 20.1 Å². The quantitative estimate of drug-likeness (QED) is 0.840. The number of nitrogens with zero attached hydrogens (tertiary/aromatic N) is 1. The molecule has 0 radical (unpaired) electrons. The molecule has 0 bridgehead atoms. The topological polar surface area (TPSA) is 47.3 Å². The van der Waals surface area contributed by atoms with Gasteiger partial charge in [-0.15, -0.1) is 0 Å². The minimum atomic E-state index is 0.501. The second kappa shape index (κ2) is 5.67. The lowest BCUT2D eigenvalue weighted by Gasteiger charge is -1.98. The first-order chi connectivity index (χ1) is 7.88. The van der Waals surface area contributed by atoms with Crippen molar-refractivity contribution < 1.29 is 9.15 Å². The largest absolute Gasteiger partial charge is 0.467 e.